The van der Waals surface area contributed by atoms with Crippen molar-refractivity contribution in [1.82, 2.24) is 10.1 Å². The molecule has 19 heavy (non-hydrogen) atoms. The largest absolute Gasteiger partial charge is 0.454 e. The summed E-state index contributed by atoms with van der Waals surface area (Å²) in [7, 11) is 0. The number of hydrogen-bond donors (Lipinski definition) is 1. The van der Waals surface area contributed by atoms with Crippen LogP contribution in [0.15, 0.2) is 22.7 Å². The number of rotatable bonds is 2. The van der Waals surface area contributed by atoms with Gasteiger partial charge < -0.3 is 19.3 Å². The normalized spacial score (nSPS) is 13.1. The van der Waals surface area contributed by atoms with Crippen molar-refractivity contribution in [2.45, 2.75) is 6.92 Å². The molecule has 0 aliphatic carbocycles. The summed E-state index contributed by atoms with van der Waals surface area (Å²) in [5.74, 6) is 2.91. The molecule has 0 spiro atoms. The average Bonchev–Trinajstić information content (AvgIpc) is 3.05. The molecule has 6 nitrogen and oxygen atoms in total. The van der Waals surface area contributed by atoms with Gasteiger partial charge in [-0.2, -0.15) is 0 Å². The first-order valence-corrected chi connectivity index (χ1v) is 6.50. The van der Waals surface area contributed by atoms with Gasteiger partial charge in [0.15, 0.2) is 22.4 Å². The van der Waals surface area contributed by atoms with Gasteiger partial charge in [0, 0.05) is 18.2 Å². The lowest BCUT2D eigenvalue weighted by Crippen LogP contribution is -1.92. The van der Waals surface area contributed by atoms with Crippen LogP contribution < -0.4 is 14.8 Å². The smallest absolute Gasteiger partial charge is 0.231 e. The van der Waals surface area contributed by atoms with Gasteiger partial charge in [-0.15, -0.1) is 0 Å². The summed E-state index contributed by atoms with van der Waals surface area (Å²) in [5, 5.41) is 7.74. The van der Waals surface area contributed by atoms with E-state index in [9.17, 15) is 0 Å². The number of aromatic nitrogens is 2. The molecule has 2 aromatic heterocycles. The van der Waals surface area contributed by atoms with Gasteiger partial charge in [-0.05, 0) is 6.92 Å². The Morgan fingerprint density at radius 3 is 2.84 bits per heavy atom. The summed E-state index contributed by atoms with van der Waals surface area (Å²) in [6.45, 7) is 2.12. The average molecular weight is 275 g/mol. The predicted molar refractivity (Wildman–Crippen MR) is 70.3 cm³/mol. The van der Waals surface area contributed by atoms with Gasteiger partial charge in [0.1, 0.15) is 5.76 Å². The molecule has 0 saturated heterocycles. The Balaban J connectivity index is 1.72. The van der Waals surface area contributed by atoms with E-state index >= 15 is 0 Å². The summed E-state index contributed by atoms with van der Waals surface area (Å²) < 4.78 is 16.7. The number of aryl methyl sites for hydroxylation is 1. The Kier molecular flexibility index (Phi) is 2.16. The minimum absolute atomic E-state index is 0.274. The molecule has 0 amide bonds. The van der Waals surface area contributed by atoms with Crippen LogP contribution in [0, 0.1) is 6.92 Å². The molecule has 7 heteroatoms. The van der Waals surface area contributed by atoms with E-state index in [2.05, 4.69) is 15.5 Å². The molecular formula is C12H9N3O3S. The van der Waals surface area contributed by atoms with E-state index in [1.807, 2.05) is 25.1 Å². The Morgan fingerprint density at radius 2 is 2.05 bits per heavy atom. The van der Waals surface area contributed by atoms with Crippen LogP contribution in [0.3, 0.4) is 0 Å². The second kappa shape index (κ2) is 3.86. The summed E-state index contributed by atoms with van der Waals surface area (Å²) in [5.41, 5.74) is 0.872. The molecule has 0 saturated carbocycles. The van der Waals surface area contributed by atoms with E-state index < -0.39 is 0 Å². The van der Waals surface area contributed by atoms with Gasteiger partial charge in [-0.3, -0.25) is 0 Å². The van der Waals surface area contributed by atoms with Gasteiger partial charge in [0.05, 0.1) is 10.2 Å². The number of benzene rings is 1. The predicted octanol–water partition coefficient (Wildman–Crippen LogP) is 3.07. The molecule has 0 bridgehead atoms. The van der Waals surface area contributed by atoms with Crippen LogP contribution in [-0.2, 0) is 0 Å². The number of ether oxygens (including phenoxy) is 2. The number of nitrogens with zero attached hydrogens (tertiary/aromatic N) is 2. The zero-order valence-corrected chi connectivity index (χ0v) is 10.8. The standard InChI is InChI=1S/C12H9N3O3S/c1-6-2-11(15-18-6)14-12-13-7-3-8-9(17-5-16-8)4-10(7)19-12/h2-4H,5H2,1H3,(H,13,14,15). The maximum atomic E-state index is 5.35. The Labute approximate surface area is 111 Å². The second-order valence-corrected chi connectivity index (χ2v) is 5.17. The number of hydrogen-bond acceptors (Lipinski definition) is 7. The van der Waals surface area contributed by atoms with Gasteiger partial charge in [0.2, 0.25) is 6.79 Å². The highest BCUT2D eigenvalue weighted by molar-refractivity contribution is 7.22. The molecule has 3 heterocycles. The summed E-state index contributed by atoms with van der Waals surface area (Å²) in [6.07, 6.45) is 0. The van der Waals surface area contributed by atoms with Crippen molar-refractivity contribution in [2.24, 2.45) is 0 Å². The molecule has 0 unspecified atom stereocenters. The van der Waals surface area contributed by atoms with E-state index in [-0.39, 0.29) is 6.79 Å². The van der Waals surface area contributed by atoms with Gasteiger partial charge in [-0.1, -0.05) is 16.5 Å². The zero-order chi connectivity index (χ0) is 12.8. The number of thiazole rings is 1. The molecule has 1 N–H and O–H groups in total. The lowest BCUT2D eigenvalue weighted by Gasteiger charge is -1.93. The lowest BCUT2D eigenvalue weighted by molar-refractivity contribution is 0.174. The van der Waals surface area contributed by atoms with E-state index in [0.717, 1.165) is 32.6 Å². The first-order chi connectivity index (χ1) is 9.28. The van der Waals surface area contributed by atoms with Gasteiger partial charge in [0.25, 0.3) is 0 Å². The fourth-order valence-electron chi connectivity index (χ4n) is 1.91. The molecule has 1 aliphatic rings. The van der Waals surface area contributed by atoms with Crippen LogP contribution in [0.25, 0.3) is 10.2 Å². The summed E-state index contributed by atoms with van der Waals surface area (Å²) in [6, 6.07) is 5.64. The van der Waals surface area contributed by atoms with Crippen molar-refractivity contribution < 1.29 is 14.0 Å². The van der Waals surface area contributed by atoms with Crippen molar-refractivity contribution in [1.29, 1.82) is 0 Å². The fourth-order valence-corrected chi connectivity index (χ4v) is 2.79. The summed E-state index contributed by atoms with van der Waals surface area (Å²) in [4.78, 5) is 4.48. The van der Waals surface area contributed by atoms with Crippen molar-refractivity contribution in [3.05, 3.63) is 24.0 Å². The molecule has 0 fully saturated rings. The van der Waals surface area contributed by atoms with E-state index in [1.165, 1.54) is 11.3 Å². The molecule has 1 aliphatic heterocycles. The van der Waals surface area contributed by atoms with Gasteiger partial charge >= 0.3 is 0 Å². The van der Waals surface area contributed by atoms with E-state index in [1.54, 1.807) is 0 Å². The lowest BCUT2D eigenvalue weighted by atomic mass is 10.3. The highest BCUT2D eigenvalue weighted by atomic mass is 32.1. The Morgan fingerprint density at radius 1 is 1.21 bits per heavy atom. The fraction of sp³-hybridized carbons (Fsp3) is 0.167. The van der Waals surface area contributed by atoms with Gasteiger partial charge in [-0.25, -0.2) is 4.98 Å². The quantitative estimate of drug-likeness (QED) is 0.775. The van der Waals surface area contributed by atoms with Crippen molar-refractivity contribution in [2.75, 3.05) is 12.1 Å². The topological polar surface area (TPSA) is 69.4 Å². The van der Waals surface area contributed by atoms with Crippen LogP contribution in [0.5, 0.6) is 11.5 Å². The van der Waals surface area contributed by atoms with Crippen LogP contribution in [0.4, 0.5) is 10.9 Å². The van der Waals surface area contributed by atoms with Crippen LogP contribution in [0.2, 0.25) is 0 Å². The molecule has 0 atom stereocenters. The van der Waals surface area contributed by atoms with Crippen molar-refractivity contribution in [3.63, 3.8) is 0 Å². The second-order valence-electron chi connectivity index (χ2n) is 4.14. The SMILES string of the molecule is Cc1cc(Nc2nc3cc4c(cc3s2)OCO4)no1. The third-order valence-electron chi connectivity index (χ3n) is 2.75. The first kappa shape index (κ1) is 10.6. The monoisotopic (exact) mass is 275 g/mol. The molecule has 3 aromatic rings. The van der Waals surface area contributed by atoms with E-state index in [0.29, 0.717) is 5.82 Å². The molecular weight excluding hydrogens is 266 g/mol. The molecule has 4 rings (SSSR count). The van der Waals surface area contributed by atoms with Crippen LogP contribution >= 0.6 is 11.3 Å². The molecule has 0 radical (unpaired) electrons. The third-order valence-corrected chi connectivity index (χ3v) is 3.68. The number of anilines is 2. The van der Waals surface area contributed by atoms with E-state index in [4.69, 9.17) is 14.0 Å². The minimum Gasteiger partial charge on any atom is -0.454 e. The Hall–Kier alpha value is -2.28. The van der Waals surface area contributed by atoms with Crippen molar-refractivity contribution in [3.8, 4) is 11.5 Å². The highest BCUT2D eigenvalue weighted by Gasteiger charge is 2.16. The number of fused-ring (bicyclic) bond motifs is 2. The van der Waals surface area contributed by atoms with Crippen LogP contribution in [-0.4, -0.2) is 16.9 Å². The maximum Gasteiger partial charge on any atom is 0.231 e. The maximum absolute atomic E-state index is 5.35. The third kappa shape index (κ3) is 1.78. The first-order valence-electron chi connectivity index (χ1n) is 5.68. The molecule has 1 aromatic carbocycles. The summed E-state index contributed by atoms with van der Waals surface area (Å²) >= 11 is 1.53. The zero-order valence-electron chi connectivity index (χ0n) is 9.97. The minimum atomic E-state index is 0.274. The highest BCUT2D eigenvalue weighted by Crippen LogP contribution is 2.39. The number of nitrogens with one attached hydrogen (secondary N) is 1. The Bertz CT molecular complexity index is 724. The molecule has 96 valence electrons. The van der Waals surface area contributed by atoms with Crippen LogP contribution in [0.1, 0.15) is 5.76 Å². The van der Waals surface area contributed by atoms with Crippen molar-refractivity contribution >= 4 is 32.5 Å².